The fourth-order valence-electron chi connectivity index (χ4n) is 3.56. The lowest BCUT2D eigenvalue weighted by atomic mass is 9.86. The van der Waals surface area contributed by atoms with Gasteiger partial charge in [0.25, 0.3) is 0 Å². The standard InChI is InChI=1S/C19H24F3N3O/c20-19(21,22)15-7-8-17-24-16(13-25(17)12-15)10-11-23-18(26)9-6-14-4-2-1-3-5-14/h7-8,12-14H,1-6,9-11H2,(H,23,26). The van der Waals surface area contributed by atoms with Crippen LogP contribution in [0.5, 0.6) is 0 Å². The van der Waals surface area contributed by atoms with Crippen molar-refractivity contribution in [2.75, 3.05) is 6.54 Å². The Morgan fingerprint density at radius 1 is 1.19 bits per heavy atom. The Balaban J connectivity index is 1.46. The summed E-state index contributed by atoms with van der Waals surface area (Å²) in [6, 6.07) is 2.38. The van der Waals surface area contributed by atoms with Crippen molar-refractivity contribution >= 4 is 11.6 Å². The summed E-state index contributed by atoms with van der Waals surface area (Å²) >= 11 is 0. The van der Waals surface area contributed by atoms with Crippen molar-refractivity contribution < 1.29 is 18.0 Å². The summed E-state index contributed by atoms with van der Waals surface area (Å²) in [4.78, 5) is 16.2. The fraction of sp³-hybridized carbons (Fsp3) is 0.579. The SMILES string of the molecule is O=C(CCC1CCCCC1)NCCc1cn2cc(C(F)(F)F)ccc2n1. The van der Waals surface area contributed by atoms with Gasteiger partial charge in [-0.25, -0.2) is 4.98 Å². The molecule has 2 heterocycles. The number of hydrogen-bond acceptors (Lipinski definition) is 2. The first-order valence-electron chi connectivity index (χ1n) is 9.23. The van der Waals surface area contributed by atoms with Crippen LogP contribution in [0.1, 0.15) is 56.2 Å². The molecule has 0 saturated heterocycles. The number of hydrogen-bond donors (Lipinski definition) is 1. The molecule has 2 aromatic rings. The highest BCUT2D eigenvalue weighted by molar-refractivity contribution is 5.75. The van der Waals surface area contributed by atoms with Crippen LogP contribution in [0.3, 0.4) is 0 Å². The van der Waals surface area contributed by atoms with E-state index in [1.165, 1.54) is 42.6 Å². The van der Waals surface area contributed by atoms with Crippen LogP contribution in [0.2, 0.25) is 0 Å². The highest BCUT2D eigenvalue weighted by Gasteiger charge is 2.30. The summed E-state index contributed by atoms with van der Waals surface area (Å²) < 4.78 is 39.6. The van der Waals surface area contributed by atoms with Gasteiger partial charge in [-0.3, -0.25) is 4.79 Å². The second-order valence-corrected chi connectivity index (χ2v) is 7.06. The second kappa shape index (κ2) is 8.10. The number of nitrogens with one attached hydrogen (secondary N) is 1. The predicted molar refractivity (Wildman–Crippen MR) is 92.7 cm³/mol. The van der Waals surface area contributed by atoms with Crippen LogP contribution in [0.15, 0.2) is 24.5 Å². The monoisotopic (exact) mass is 367 g/mol. The maximum atomic E-state index is 12.7. The Hall–Kier alpha value is -2.05. The first-order valence-corrected chi connectivity index (χ1v) is 9.23. The molecule has 142 valence electrons. The molecule has 4 nitrogen and oxygen atoms in total. The maximum Gasteiger partial charge on any atom is 0.417 e. The fourth-order valence-corrected chi connectivity index (χ4v) is 3.56. The second-order valence-electron chi connectivity index (χ2n) is 7.06. The smallest absolute Gasteiger partial charge is 0.356 e. The van der Waals surface area contributed by atoms with E-state index in [-0.39, 0.29) is 5.91 Å². The third kappa shape index (κ3) is 4.99. The molecule has 1 amide bonds. The van der Waals surface area contributed by atoms with Crippen molar-refractivity contribution in [1.82, 2.24) is 14.7 Å². The van der Waals surface area contributed by atoms with Crippen molar-refractivity contribution in [3.8, 4) is 0 Å². The van der Waals surface area contributed by atoms with Crippen molar-refractivity contribution in [3.05, 3.63) is 35.8 Å². The minimum absolute atomic E-state index is 0.0405. The molecule has 1 aliphatic carbocycles. The van der Waals surface area contributed by atoms with Gasteiger partial charge in [0, 0.05) is 31.8 Å². The number of fused-ring (bicyclic) bond motifs is 1. The highest BCUT2D eigenvalue weighted by Crippen LogP contribution is 2.29. The maximum absolute atomic E-state index is 12.7. The number of rotatable bonds is 6. The van der Waals surface area contributed by atoms with E-state index < -0.39 is 11.7 Å². The highest BCUT2D eigenvalue weighted by atomic mass is 19.4. The number of halogens is 3. The Bertz CT molecular complexity index is 748. The summed E-state index contributed by atoms with van der Waals surface area (Å²) in [5.41, 5.74) is 0.429. The predicted octanol–water partition coefficient (Wildman–Crippen LogP) is 4.37. The van der Waals surface area contributed by atoms with E-state index in [0.29, 0.717) is 36.6 Å². The van der Waals surface area contributed by atoms with Crippen LogP contribution in [-0.4, -0.2) is 21.8 Å². The number of carbonyl (C=O) groups is 1. The number of carbonyl (C=O) groups excluding carboxylic acids is 1. The van der Waals surface area contributed by atoms with E-state index in [2.05, 4.69) is 10.3 Å². The average molecular weight is 367 g/mol. The minimum Gasteiger partial charge on any atom is -0.356 e. The first-order chi connectivity index (χ1) is 12.4. The molecule has 1 fully saturated rings. The van der Waals surface area contributed by atoms with E-state index in [4.69, 9.17) is 0 Å². The summed E-state index contributed by atoms with van der Waals surface area (Å²) in [6.45, 7) is 0.444. The van der Waals surface area contributed by atoms with Gasteiger partial charge < -0.3 is 9.72 Å². The van der Waals surface area contributed by atoms with Crippen LogP contribution >= 0.6 is 0 Å². The molecule has 1 saturated carbocycles. The summed E-state index contributed by atoms with van der Waals surface area (Å²) in [6.07, 6.45) is 6.56. The molecule has 1 N–H and O–H groups in total. The summed E-state index contributed by atoms with van der Waals surface area (Å²) in [5, 5.41) is 2.88. The summed E-state index contributed by atoms with van der Waals surface area (Å²) in [7, 11) is 0. The summed E-state index contributed by atoms with van der Waals surface area (Å²) in [5.74, 6) is 0.717. The largest absolute Gasteiger partial charge is 0.417 e. The molecular formula is C19H24F3N3O. The van der Waals surface area contributed by atoms with Crippen LogP contribution < -0.4 is 5.32 Å². The van der Waals surface area contributed by atoms with Gasteiger partial charge in [0.05, 0.1) is 11.3 Å². The van der Waals surface area contributed by atoms with Gasteiger partial charge >= 0.3 is 6.18 Å². The lowest BCUT2D eigenvalue weighted by Gasteiger charge is -2.20. The van der Waals surface area contributed by atoms with Crippen LogP contribution in [-0.2, 0) is 17.4 Å². The Kier molecular flexibility index (Phi) is 5.84. The molecule has 0 unspecified atom stereocenters. The first kappa shape index (κ1) is 18.7. The number of imidazole rings is 1. The molecular weight excluding hydrogens is 343 g/mol. The number of nitrogens with zero attached hydrogens (tertiary/aromatic N) is 2. The zero-order valence-corrected chi connectivity index (χ0v) is 14.7. The van der Waals surface area contributed by atoms with Gasteiger partial charge in [-0.2, -0.15) is 13.2 Å². The third-order valence-corrected chi connectivity index (χ3v) is 5.04. The molecule has 3 rings (SSSR count). The molecule has 0 atom stereocenters. The number of aromatic nitrogens is 2. The minimum atomic E-state index is -4.37. The van der Waals surface area contributed by atoms with E-state index in [1.807, 2.05) is 0 Å². The lowest BCUT2D eigenvalue weighted by Crippen LogP contribution is -2.26. The van der Waals surface area contributed by atoms with Gasteiger partial charge in [0.1, 0.15) is 5.65 Å². The number of alkyl halides is 3. The average Bonchev–Trinajstić information content (AvgIpc) is 3.02. The Morgan fingerprint density at radius 3 is 2.69 bits per heavy atom. The van der Waals surface area contributed by atoms with E-state index >= 15 is 0 Å². The molecule has 0 bridgehead atoms. The van der Waals surface area contributed by atoms with Gasteiger partial charge in [-0.05, 0) is 24.5 Å². The van der Waals surface area contributed by atoms with E-state index in [0.717, 1.165) is 18.7 Å². The lowest BCUT2D eigenvalue weighted by molar-refractivity contribution is -0.137. The van der Waals surface area contributed by atoms with Crippen LogP contribution in [0, 0.1) is 5.92 Å². The van der Waals surface area contributed by atoms with E-state index in [1.54, 1.807) is 6.20 Å². The number of amides is 1. The van der Waals surface area contributed by atoms with Crippen molar-refractivity contribution in [2.24, 2.45) is 5.92 Å². The normalized spacial score (nSPS) is 16.1. The van der Waals surface area contributed by atoms with Gasteiger partial charge in [-0.15, -0.1) is 0 Å². The third-order valence-electron chi connectivity index (χ3n) is 5.04. The number of pyridine rings is 1. The van der Waals surface area contributed by atoms with Crippen LogP contribution in [0.25, 0.3) is 5.65 Å². The van der Waals surface area contributed by atoms with Gasteiger partial charge in [0.2, 0.25) is 5.91 Å². The quantitative estimate of drug-likeness (QED) is 0.824. The van der Waals surface area contributed by atoms with Crippen molar-refractivity contribution in [3.63, 3.8) is 0 Å². The Labute approximate surface area is 150 Å². The zero-order chi connectivity index (χ0) is 18.6. The van der Waals surface area contributed by atoms with E-state index in [9.17, 15) is 18.0 Å². The molecule has 1 aliphatic rings. The Morgan fingerprint density at radius 2 is 1.96 bits per heavy atom. The topological polar surface area (TPSA) is 46.4 Å². The molecule has 2 aromatic heterocycles. The molecule has 7 heteroatoms. The molecule has 0 aliphatic heterocycles. The van der Waals surface area contributed by atoms with Crippen LogP contribution in [0.4, 0.5) is 13.2 Å². The molecule has 26 heavy (non-hydrogen) atoms. The van der Waals surface area contributed by atoms with Crippen molar-refractivity contribution in [1.29, 1.82) is 0 Å². The van der Waals surface area contributed by atoms with Gasteiger partial charge in [0.15, 0.2) is 0 Å². The zero-order valence-electron chi connectivity index (χ0n) is 14.7. The van der Waals surface area contributed by atoms with Gasteiger partial charge in [-0.1, -0.05) is 32.1 Å². The molecule has 0 radical (unpaired) electrons. The molecule has 0 aromatic carbocycles. The van der Waals surface area contributed by atoms with Crippen molar-refractivity contribution in [2.45, 2.75) is 57.5 Å². The molecule has 0 spiro atoms.